The van der Waals surface area contributed by atoms with Crippen LogP contribution in [0.15, 0.2) is 33.7 Å². The Labute approximate surface area is 183 Å². The Kier molecular flexibility index (Phi) is 7.00. The van der Waals surface area contributed by atoms with Crippen LogP contribution in [0.5, 0.6) is 0 Å². The Hall–Kier alpha value is -2.28. The average Bonchev–Trinajstić information content (AvgIpc) is 3.49. The minimum atomic E-state index is -3.73. The summed E-state index contributed by atoms with van der Waals surface area (Å²) in [5.41, 5.74) is 0.422. The van der Waals surface area contributed by atoms with E-state index in [0.29, 0.717) is 49.2 Å². The molecule has 1 unspecified atom stereocenters. The highest BCUT2D eigenvalue weighted by atomic mass is 32.2. The van der Waals surface area contributed by atoms with Crippen LogP contribution in [0, 0.1) is 17.2 Å². The van der Waals surface area contributed by atoms with Crippen LogP contribution in [0.2, 0.25) is 0 Å². The molecule has 1 aromatic carbocycles. The molecule has 166 valence electrons. The second-order valence-corrected chi connectivity index (χ2v) is 10.2. The number of benzene rings is 1. The number of nitriles is 1. The zero-order valence-electron chi connectivity index (χ0n) is 17.6. The van der Waals surface area contributed by atoms with Gasteiger partial charge in [0.1, 0.15) is 6.04 Å². The molecule has 1 atom stereocenters. The van der Waals surface area contributed by atoms with Gasteiger partial charge in [-0.05, 0) is 55.9 Å². The predicted octanol–water partition coefficient (Wildman–Crippen LogP) is 3.61. The molecule has 0 radical (unpaired) electrons. The zero-order chi connectivity index (χ0) is 21.7. The molecule has 0 bridgehead atoms. The van der Waals surface area contributed by atoms with Gasteiger partial charge in [-0.25, -0.2) is 8.42 Å². The summed E-state index contributed by atoms with van der Waals surface area (Å²) in [5.74, 6) is 1.55. The normalized spacial score (nSPS) is 20.7. The summed E-state index contributed by atoms with van der Waals surface area (Å²) < 4.78 is 39.2. The van der Waals surface area contributed by atoms with Crippen molar-refractivity contribution in [3.63, 3.8) is 0 Å². The van der Waals surface area contributed by atoms with Crippen molar-refractivity contribution in [1.29, 1.82) is 5.26 Å². The quantitative estimate of drug-likeness (QED) is 0.572. The number of ether oxygens (including phenoxy) is 1. The van der Waals surface area contributed by atoms with Crippen molar-refractivity contribution in [3.8, 4) is 6.07 Å². The van der Waals surface area contributed by atoms with E-state index in [1.54, 1.807) is 0 Å². The van der Waals surface area contributed by atoms with E-state index in [9.17, 15) is 8.42 Å². The molecule has 2 aromatic rings. The summed E-state index contributed by atoms with van der Waals surface area (Å²) >= 11 is 0. The van der Waals surface area contributed by atoms with Gasteiger partial charge in [0.05, 0.1) is 23.1 Å². The largest absolute Gasteiger partial charge is 0.381 e. The first-order valence-electron chi connectivity index (χ1n) is 11.0. The summed E-state index contributed by atoms with van der Waals surface area (Å²) in [6.07, 6.45) is 7.95. The maximum absolute atomic E-state index is 13.2. The molecule has 4 rings (SSSR count). The number of hydrogen-bond donors (Lipinski definition) is 0. The highest BCUT2D eigenvalue weighted by Gasteiger charge is 2.37. The third kappa shape index (κ3) is 5.14. The lowest BCUT2D eigenvalue weighted by Crippen LogP contribution is -2.38. The van der Waals surface area contributed by atoms with Gasteiger partial charge in [0.15, 0.2) is 5.82 Å². The number of sulfonamides is 1. The summed E-state index contributed by atoms with van der Waals surface area (Å²) in [5, 5.41) is 13.0. The molecular formula is C22H28N4O4S. The Morgan fingerprint density at radius 3 is 2.61 bits per heavy atom. The van der Waals surface area contributed by atoms with Gasteiger partial charge in [-0.1, -0.05) is 24.4 Å². The van der Waals surface area contributed by atoms with Gasteiger partial charge in [-0.15, -0.1) is 0 Å². The molecule has 1 aliphatic heterocycles. The smallest absolute Gasteiger partial charge is 0.245 e. The molecule has 8 nitrogen and oxygen atoms in total. The number of piperidine rings is 1. The van der Waals surface area contributed by atoms with Crippen molar-refractivity contribution in [2.24, 2.45) is 5.92 Å². The Morgan fingerprint density at radius 1 is 1.13 bits per heavy atom. The Bertz CT molecular complexity index is 1010. The molecule has 1 saturated heterocycles. The van der Waals surface area contributed by atoms with Gasteiger partial charge in [-0.2, -0.15) is 14.6 Å². The number of aromatic nitrogens is 2. The van der Waals surface area contributed by atoms with Gasteiger partial charge in [-0.3, -0.25) is 0 Å². The third-order valence-electron chi connectivity index (χ3n) is 6.11. The van der Waals surface area contributed by atoms with Crippen molar-refractivity contribution < 1.29 is 17.7 Å². The fourth-order valence-corrected chi connectivity index (χ4v) is 6.02. The first-order valence-corrected chi connectivity index (χ1v) is 12.4. The lowest BCUT2D eigenvalue weighted by molar-refractivity contribution is 0.102. The van der Waals surface area contributed by atoms with Gasteiger partial charge < -0.3 is 9.26 Å². The molecule has 1 saturated carbocycles. The second-order valence-electron chi connectivity index (χ2n) is 8.29. The van der Waals surface area contributed by atoms with Crippen LogP contribution >= 0.6 is 0 Å². The topological polar surface area (TPSA) is 109 Å². The van der Waals surface area contributed by atoms with E-state index in [1.165, 1.54) is 54.3 Å². The van der Waals surface area contributed by atoms with Crippen molar-refractivity contribution in [3.05, 3.63) is 41.5 Å². The van der Waals surface area contributed by atoms with E-state index in [-0.39, 0.29) is 4.90 Å². The van der Waals surface area contributed by atoms with E-state index in [4.69, 9.17) is 14.5 Å². The van der Waals surface area contributed by atoms with E-state index < -0.39 is 16.1 Å². The minimum absolute atomic E-state index is 0.165. The highest BCUT2D eigenvalue weighted by Crippen LogP contribution is 2.34. The summed E-state index contributed by atoms with van der Waals surface area (Å²) in [6, 6.07) is 7.51. The van der Waals surface area contributed by atoms with Crippen molar-refractivity contribution in [2.45, 2.75) is 62.3 Å². The molecule has 31 heavy (non-hydrogen) atoms. The minimum Gasteiger partial charge on any atom is -0.381 e. The maximum atomic E-state index is 13.2. The van der Waals surface area contributed by atoms with Crippen LogP contribution in [0.4, 0.5) is 0 Å². The molecule has 2 heterocycles. The van der Waals surface area contributed by atoms with Gasteiger partial charge >= 0.3 is 0 Å². The lowest BCUT2D eigenvalue weighted by Gasteiger charge is -2.32. The Morgan fingerprint density at radius 2 is 1.87 bits per heavy atom. The number of nitrogens with zero attached hydrogens (tertiary/aromatic N) is 4. The lowest BCUT2D eigenvalue weighted by atomic mass is 10.1. The number of hydrogen-bond acceptors (Lipinski definition) is 7. The fraction of sp³-hybridized carbons (Fsp3) is 0.591. The van der Waals surface area contributed by atoms with Gasteiger partial charge in [0.2, 0.25) is 15.9 Å². The molecule has 1 aromatic heterocycles. The monoisotopic (exact) mass is 444 g/mol. The molecule has 0 amide bonds. The van der Waals surface area contributed by atoms with E-state index in [2.05, 4.69) is 10.1 Å². The van der Waals surface area contributed by atoms with Crippen LogP contribution in [-0.2, 0) is 21.2 Å². The van der Waals surface area contributed by atoms with Crippen LogP contribution in [0.3, 0.4) is 0 Å². The molecule has 2 fully saturated rings. The number of rotatable bonds is 8. The molecule has 0 N–H and O–H groups in total. The van der Waals surface area contributed by atoms with Crippen molar-refractivity contribution >= 4 is 10.0 Å². The molecule has 9 heteroatoms. The zero-order valence-corrected chi connectivity index (χ0v) is 18.4. The van der Waals surface area contributed by atoms with E-state index in [0.717, 1.165) is 19.4 Å². The van der Waals surface area contributed by atoms with Gasteiger partial charge in [0.25, 0.3) is 0 Å². The third-order valence-corrected chi connectivity index (χ3v) is 8.03. The maximum Gasteiger partial charge on any atom is 0.245 e. The van der Waals surface area contributed by atoms with Crippen LogP contribution in [-0.4, -0.2) is 42.6 Å². The van der Waals surface area contributed by atoms with E-state index in [1.807, 2.05) is 6.07 Å². The molecular weight excluding hydrogens is 416 g/mol. The SMILES string of the molecule is N#Cc1ccc(S(=O)(=O)N2CCCCC2c2nc(CCOCC3CCCC3)no2)cc1. The molecule has 1 aliphatic carbocycles. The summed E-state index contributed by atoms with van der Waals surface area (Å²) in [6.45, 7) is 1.71. The Balaban J connectivity index is 1.41. The van der Waals surface area contributed by atoms with Crippen LogP contribution in [0.25, 0.3) is 0 Å². The predicted molar refractivity (Wildman–Crippen MR) is 112 cm³/mol. The first-order chi connectivity index (χ1) is 15.1. The standard InChI is InChI=1S/C22H28N4O4S/c23-15-17-8-10-19(11-9-17)31(27,28)26-13-4-3-7-20(26)22-24-21(25-30-22)12-14-29-16-18-5-1-2-6-18/h8-11,18,20H,1-7,12-14,16H2. The second kappa shape index (κ2) is 9.90. The van der Waals surface area contributed by atoms with E-state index >= 15 is 0 Å². The van der Waals surface area contributed by atoms with Gasteiger partial charge in [0, 0.05) is 19.6 Å². The summed E-state index contributed by atoms with van der Waals surface area (Å²) in [4.78, 5) is 4.65. The average molecular weight is 445 g/mol. The first kappa shape index (κ1) is 21.9. The van der Waals surface area contributed by atoms with Crippen LogP contribution < -0.4 is 0 Å². The van der Waals surface area contributed by atoms with Crippen LogP contribution in [0.1, 0.15) is 68.3 Å². The van der Waals surface area contributed by atoms with Crippen molar-refractivity contribution in [1.82, 2.24) is 14.4 Å². The molecule has 0 spiro atoms. The highest BCUT2D eigenvalue weighted by molar-refractivity contribution is 7.89. The fourth-order valence-electron chi connectivity index (χ4n) is 4.37. The molecule has 2 aliphatic rings. The van der Waals surface area contributed by atoms with Crippen molar-refractivity contribution in [2.75, 3.05) is 19.8 Å². The summed E-state index contributed by atoms with van der Waals surface area (Å²) in [7, 11) is -3.73.